The van der Waals surface area contributed by atoms with Gasteiger partial charge in [0.2, 0.25) is 0 Å². The number of rotatable bonds is 4. The second-order valence-electron chi connectivity index (χ2n) is 8.01. The molecule has 0 bridgehead atoms. The highest BCUT2D eigenvalue weighted by Gasteiger charge is 2.23. The summed E-state index contributed by atoms with van der Waals surface area (Å²) in [5.74, 6) is 0.289. The zero-order valence-electron chi connectivity index (χ0n) is 18.3. The molecular weight excluding hydrogens is 418 g/mol. The second-order valence-corrected chi connectivity index (χ2v) is 9.11. The molecule has 6 nitrogen and oxygen atoms in total. The van der Waals surface area contributed by atoms with E-state index >= 15 is 0 Å². The first-order chi connectivity index (χ1) is 15.4. The van der Waals surface area contributed by atoms with E-state index in [-0.39, 0.29) is 5.57 Å². The number of aryl methyl sites for hydroxylation is 3. The summed E-state index contributed by atoms with van der Waals surface area (Å²) in [7, 11) is 0. The summed E-state index contributed by atoms with van der Waals surface area (Å²) in [6.45, 7) is 5.89. The van der Waals surface area contributed by atoms with Gasteiger partial charge in [-0.2, -0.15) is 10.5 Å². The number of carbonyl (C=O) groups excluding carboxylic acids is 1. The van der Waals surface area contributed by atoms with Crippen molar-refractivity contribution >= 4 is 28.3 Å². The van der Waals surface area contributed by atoms with Crippen molar-refractivity contribution in [3.8, 4) is 18.0 Å². The molecule has 0 radical (unpaired) electrons. The Kier molecular flexibility index (Phi) is 5.94. The Balaban J connectivity index is 1.64. The van der Waals surface area contributed by atoms with Crippen molar-refractivity contribution in [2.45, 2.75) is 46.5 Å². The number of fused-ring (bicyclic) bond motifs is 1. The van der Waals surface area contributed by atoms with E-state index < -0.39 is 5.91 Å². The predicted molar refractivity (Wildman–Crippen MR) is 126 cm³/mol. The molecule has 1 aliphatic carbocycles. The third-order valence-electron chi connectivity index (χ3n) is 5.77. The Hall–Kier alpha value is -3.68. The van der Waals surface area contributed by atoms with Crippen molar-refractivity contribution in [2.75, 3.05) is 5.32 Å². The van der Waals surface area contributed by atoms with Crippen molar-refractivity contribution in [3.63, 3.8) is 0 Å². The molecule has 0 saturated carbocycles. The van der Waals surface area contributed by atoms with E-state index in [4.69, 9.17) is 0 Å². The Morgan fingerprint density at radius 1 is 1.22 bits per heavy atom. The molecule has 0 unspecified atom stereocenters. The summed E-state index contributed by atoms with van der Waals surface area (Å²) in [5, 5.41) is 22.7. The highest BCUT2D eigenvalue weighted by Crippen LogP contribution is 2.37. The minimum absolute atomic E-state index is 0.00243. The lowest BCUT2D eigenvalue weighted by Gasteiger charge is -2.09. The number of hydrogen-bond donors (Lipinski definition) is 1. The topological polar surface area (TPSA) is 94.5 Å². The van der Waals surface area contributed by atoms with E-state index in [1.807, 2.05) is 55.8 Å². The largest absolute Gasteiger partial charge is 0.312 e. The number of carbonyl (C=O) groups is 1. The molecule has 0 spiro atoms. The molecule has 7 heteroatoms. The van der Waals surface area contributed by atoms with E-state index in [0.29, 0.717) is 10.6 Å². The van der Waals surface area contributed by atoms with Gasteiger partial charge in [0.1, 0.15) is 28.5 Å². The molecule has 0 fully saturated rings. The smallest absolute Gasteiger partial charge is 0.266 e. The van der Waals surface area contributed by atoms with Gasteiger partial charge < -0.3 is 9.88 Å². The molecule has 4 rings (SSSR count). The number of nitriles is 2. The number of anilines is 1. The third kappa shape index (κ3) is 3.95. The third-order valence-corrected chi connectivity index (χ3v) is 6.98. The molecule has 32 heavy (non-hydrogen) atoms. The summed E-state index contributed by atoms with van der Waals surface area (Å²) in [6, 6.07) is 10.1. The van der Waals surface area contributed by atoms with Crippen molar-refractivity contribution in [1.82, 2.24) is 9.55 Å². The first-order valence-corrected chi connectivity index (χ1v) is 11.3. The number of amides is 1. The van der Waals surface area contributed by atoms with E-state index in [9.17, 15) is 15.3 Å². The molecule has 1 amide bonds. The zero-order valence-corrected chi connectivity index (χ0v) is 19.1. The molecule has 3 aromatic rings. The average molecular weight is 442 g/mol. The molecular formula is C25H23N5OS. The maximum atomic E-state index is 12.9. The standard InChI is InChI=1S/C25H23N5OS/c1-15-8-9-23(28-14-15)30-16(2)10-18(17(30)3)11-19(12-26)24(31)29-25-21(13-27)20-6-4-5-7-22(20)32-25/h8-11,14H,4-7H2,1-3H3,(H,29,31)/b19-11+. The lowest BCUT2D eigenvalue weighted by Crippen LogP contribution is -2.13. The van der Waals surface area contributed by atoms with Crippen molar-refractivity contribution in [3.05, 3.63) is 68.5 Å². The number of aromatic nitrogens is 2. The zero-order chi connectivity index (χ0) is 22.8. The van der Waals surface area contributed by atoms with Crippen LogP contribution in [-0.2, 0) is 17.6 Å². The van der Waals surface area contributed by atoms with Gasteiger partial charge in [0.05, 0.1) is 5.56 Å². The number of pyridine rings is 1. The van der Waals surface area contributed by atoms with E-state index in [1.54, 1.807) is 6.08 Å². The van der Waals surface area contributed by atoms with Crippen LogP contribution in [0, 0.1) is 43.4 Å². The maximum Gasteiger partial charge on any atom is 0.266 e. The minimum atomic E-state index is -0.499. The SMILES string of the molecule is Cc1ccc(-n2c(C)cc(/C=C(\C#N)C(=O)Nc3sc4c(c3C#N)CCCC4)c2C)nc1. The van der Waals surface area contributed by atoms with Gasteiger partial charge in [0.25, 0.3) is 5.91 Å². The Morgan fingerprint density at radius 2 is 2.00 bits per heavy atom. The van der Waals surface area contributed by atoms with Crippen LogP contribution in [0.15, 0.2) is 30.0 Å². The van der Waals surface area contributed by atoms with Crippen LogP contribution in [0.1, 0.15) is 51.4 Å². The fourth-order valence-corrected chi connectivity index (χ4v) is 5.36. The van der Waals surface area contributed by atoms with Crippen LogP contribution >= 0.6 is 11.3 Å². The van der Waals surface area contributed by atoms with Crippen molar-refractivity contribution in [1.29, 1.82) is 10.5 Å². The predicted octanol–water partition coefficient (Wildman–Crippen LogP) is 5.16. The highest BCUT2D eigenvalue weighted by atomic mass is 32.1. The maximum absolute atomic E-state index is 12.9. The van der Waals surface area contributed by atoms with Crippen LogP contribution in [0.3, 0.4) is 0 Å². The fourth-order valence-electron chi connectivity index (χ4n) is 4.13. The number of hydrogen-bond acceptors (Lipinski definition) is 5. The molecule has 1 aliphatic rings. The van der Waals surface area contributed by atoms with Gasteiger partial charge in [0, 0.05) is 22.5 Å². The van der Waals surface area contributed by atoms with E-state index in [0.717, 1.165) is 59.6 Å². The molecule has 0 atom stereocenters. The summed E-state index contributed by atoms with van der Waals surface area (Å²) in [5.41, 5.74) is 5.30. The molecule has 0 aliphatic heterocycles. The summed E-state index contributed by atoms with van der Waals surface area (Å²) < 4.78 is 2.00. The van der Waals surface area contributed by atoms with Gasteiger partial charge in [-0.1, -0.05) is 6.07 Å². The molecule has 0 aromatic carbocycles. The monoisotopic (exact) mass is 441 g/mol. The van der Waals surface area contributed by atoms with Crippen LogP contribution < -0.4 is 5.32 Å². The molecule has 160 valence electrons. The van der Waals surface area contributed by atoms with Gasteiger partial charge in [0.15, 0.2) is 0 Å². The first kappa shape index (κ1) is 21.5. The first-order valence-electron chi connectivity index (χ1n) is 10.5. The summed E-state index contributed by atoms with van der Waals surface area (Å²) >= 11 is 1.45. The number of nitrogens with zero attached hydrogens (tertiary/aromatic N) is 4. The quantitative estimate of drug-likeness (QED) is 0.447. The number of nitrogens with one attached hydrogen (secondary N) is 1. The molecule has 3 heterocycles. The Bertz CT molecular complexity index is 1310. The average Bonchev–Trinajstić information content (AvgIpc) is 3.28. The van der Waals surface area contributed by atoms with Gasteiger partial charge >= 0.3 is 0 Å². The molecule has 0 saturated heterocycles. The molecule has 3 aromatic heterocycles. The van der Waals surface area contributed by atoms with Crippen molar-refractivity contribution < 1.29 is 4.79 Å². The van der Waals surface area contributed by atoms with E-state index in [2.05, 4.69) is 16.4 Å². The van der Waals surface area contributed by atoms with Crippen LogP contribution in [-0.4, -0.2) is 15.5 Å². The number of thiophene rings is 1. The van der Waals surface area contributed by atoms with Crippen LogP contribution in [0.5, 0.6) is 0 Å². The van der Waals surface area contributed by atoms with Crippen LogP contribution in [0.25, 0.3) is 11.9 Å². The fraction of sp³-hybridized carbons (Fsp3) is 0.280. The van der Waals surface area contributed by atoms with Crippen LogP contribution in [0.2, 0.25) is 0 Å². The summed E-state index contributed by atoms with van der Waals surface area (Å²) in [6.07, 6.45) is 7.36. The van der Waals surface area contributed by atoms with Crippen LogP contribution in [0.4, 0.5) is 5.00 Å². The van der Waals surface area contributed by atoms with Gasteiger partial charge in [-0.25, -0.2) is 4.98 Å². The van der Waals surface area contributed by atoms with E-state index in [1.165, 1.54) is 16.2 Å². The second kappa shape index (κ2) is 8.82. The minimum Gasteiger partial charge on any atom is -0.312 e. The Labute approximate surface area is 191 Å². The van der Waals surface area contributed by atoms with Gasteiger partial charge in [-0.3, -0.25) is 4.79 Å². The molecule has 1 N–H and O–H groups in total. The summed E-state index contributed by atoms with van der Waals surface area (Å²) in [4.78, 5) is 18.6. The van der Waals surface area contributed by atoms with Gasteiger partial charge in [-0.15, -0.1) is 11.3 Å². The van der Waals surface area contributed by atoms with Gasteiger partial charge in [-0.05, 0) is 81.4 Å². The lowest BCUT2D eigenvalue weighted by atomic mass is 9.96. The highest BCUT2D eigenvalue weighted by molar-refractivity contribution is 7.16. The lowest BCUT2D eigenvalue weighted by molar-refractivity contribution is -0.112. The van der Waals surface area contributed by atoms with Crippen molar-refractivity contribution in [2.24, 2.45) is 0 Å². The normalized spacial score (nSPS) is 13.2. The Morgan fingerprint density at radius 3 is 2.69 bits per heavy atom.